The normalized spacial score (nSPS) is 27.2. The number of pyridine rings is 2. The molecule has 3 saturated heterocycles. The fourth-order valence-corrected chi connectivity index (χ4v) is 6.82. The molecule has 0 aliphatic carbocycles. The van der Waals surface area contributed by atoms with Crippen LogP contribution < -0.4 is 5.32 Å². The summed E-state index contributed by atoms with van der Waals surface area (Å²) in [5, 5.41) is 3.10. The van der Waals surface area contributed by atoms with Crippen LogP contribution in [0.1, 0.15) is 56.2 Å². The molecule has 3 aliphatic heterocycles. The molecule has 5 heterocycles. The summed E-state index contributed by atoms with van der Waals surface area (Å²) in [4.78, 5) is 26.8. The van der Waals surface area contributed by atoms with Crippen molar-refractivity contribution in [2.75, 3.05) is 26.2 Å². The number of hydrogen-bond donors (Lipinski definition) is 1. The number of nitrogens with zero attached hydrogens (tertiary/aromatic N) is 4. The van der Waals surface area contributed by atoms with Crippen LogP contribution in [-0.4, -0.2) is 63.9 Å². The van der Waals surface area contributed by atoms with Crippen molar-refractivity contribution in [1.29, 1.82) is 0 Å². The Balaban J connectivity index is 1.18. The minimum atomic E-state index is 0.173. The molecule has 182 valence electrons. The second-order valence-electron chi connectivity index (χ2n) is 10.4. The lowest BCUT2D eigenvalue weighted by Crippen LogP contribution is -2.64. The molecule has 2 aromatic rings. The number of rotatable bonds is 9. The molecule has 2 aromatic heterocycles. The predicted molar refractivity (Wildman–Crippen MR) is 134 cm³/mol. The molecule has 3 aliphatic rings. The highest BCUT2D eigenvalue weighted by molar-refractivity contribution is 5.75. The van der Waals surface area contributed by atoms with Gasteiger partial charge < -0.3 is 5.32 Å². The number of carbonyl (C=O) groups is 1. The highest BCUT2D eigenvalue weighted by atomic mass is 16.1. The summed E-state index contributed by atoms with van der Waals surface area (Å²) >= 11 is 0. The molecule has 0 aromatic carbocycles. The molecule has 0 saturated carbocycles. The Bertz CT molecular complexity index is 906. The van der Waals surface area contributed by atoms with Crippen LogP contribution in [0.3, 0.4) is 0 Å². The molecule has 34 heavy (non-hydrogen) atoms. The van der Waals surface area contributed by atoms with Crippen LogP contribution in [0, 0.1) is 11.8 Å². The Morgan fingerprint density at radius 2 is 2.00 bits per heavy atom. The number of aromatic nitrogens is 2. The first-order chi connectivity index (χ1) is 16.8. The maximum atomic E-state index is 12.5. The van der Waals surface area contributed by atoms with Crippen LogP contribution in [-0.2, 0) is 17.8 Å². The summed E-state index contributed by atoms with van der Waals surface area (Å²) < 4.78 is 0. The number of piperidine rings is 3. The van der Waals surface area contributed by atoms with Crippen molar-refractivity contribution in [2.24, 2.45) is 11.8 Å². The predicted octanol–water partition coefficient (Wildman–Crippen LogP) is 3.68. The lowest BCUT2D eigenvalue weighted by atomic mass is 9.69. The molecule has 6 nitrogen and oxygen atoms in total. The van der Waals surface area contributed by atoms with Crippen LogP contribution in [0.15, 0.2) is 48.9 Å². The van der Waals surface area contributed by atoms with Crippen molar-refractivity contribution < 1.29 is 4.79 Å². The molecule has 0 radical (unpaired) electrons. The van der Waals surface area contributed by atoms with Gasteiger partial charge in [-0.2, -0.15) is 0 Å². The van der Waals surface area contributed by atoms with Gasteiger partial charge >= 0.3 is 0 Å². The van der Waals surface area contributed by atoms with Crippen LogP contribution in [0.2, 0.25) is 0 Å². The first-order valence-corrected chi connectivity index (χ1v) is 13.3. The standard InChI is InChI=1S/C28H39N5O/c34-27(31-16-13-24-9-1-2-15-30-24)12-3-11-26-25-10-6-18-32-17-5-8-23(28(25)32)21-33(26)20-22-7-4-14-29-19-22/h1-2,4,7,9,14-15,19,23,25-26,28H,3,5-6,8,10-13,16-18,20-21H2,(H,31,34)/t23-,25+,26+,28-/m0/s1. The fraction of sp³-hybridized carbons (Fsp3) is 0.607. The quantitative estimate of drug-likeness (QED) is 0.617. The van der Waals surface area contributed by atoms with E-state index in [0.717, 1.165) is 49.4 Å². The van der Waals surface area contributed by atoms with Crippen molar-refractivity contribution in [3.8, 4) is 0 Å². The number of likely N-dealkylation sites (tertiary alicyclic amines) is 1. The van der Waals surface area contributed by atoms with Crippen LogP contribution in [0.25, 0.3) is 0 Å². The monoisotopic (exact) mass is 461 g/mol. The van der Waals surface area contributed by atoms with E-state index in [1.165, 1.54) is 50.9 Å². The van der Waals surface area contributed by atoms with Gasteiger partial charge in [-0.05, 0) is 87.2 Å². The molecule has 0 spiro atoms. The molecular weight excluding hydrogens is 422 g/mol. The lowest BCUT2D eigenvalue weighted by Gasteiger charge is -2.57. The number of amides is 1. The summed E-state index contributed by atoms with van der Waals surface area (Å²) in [5.74, 6) is 1.70. The molecule has 3 fully saturated rings. The zero-order chi connectivity index (χ0) is 23.2. The summed E-state index contributed by atoms with van der Waals surface area (Å²) in [6, 6.07) is 11.5. The van der Waals surface area contributed by atoms with E-state index >= 15 is 0 Å². The zero-order valence-electron chi connectivity index (χ0n) is 20.3. The summed E-state index contributed by atoms with van der Waals surface area (Å²) in [5.41, 5.74) is 2.33. The second-order valence-corrected chi connectivity index (χ2v) is 10.4. The van der Waals surface area contributed by atoms with Gasteiger partial charge in [-0.15, -0.1) is 0 Å². The highest BCUT2D eigenvalue weighted by Crippen LogP contribution is 2.43. The van der Waals surface area contributed by atoms with Gasteiger partial charge in [-0.3, -0.25) is 24.6 Å². The third kappa shape index (κ3) is 5.66. The van der Waals surface area contributed by atoms with E-state index < -0.39 is 0 Å². The van der Waals surface area contributed by atoms with Gasteiger partial charge in [0.2, 0.25) is 5.91 Å². The minimum absolute atomic E-state index is 0.173. The van der Waals surface area contributed by atoms with Crippen molar-refractivity contribution in [3.05, 3.63) is 60.2 Å². The third-order valence-corrected chi connectivity index (χ3v) is 8.22. The van der Waals surface area contributed by atoms with Crippen LogP contribution in [0.5, 0.6) is 0 Å². The molecular formula is C28H39N5O. The van der Waals surface area contributed by atoms with Gasteiger partial charge in [-0.25, -0.2) is 0 Å². The molecule has 6 heteroatoms. The van der Waals surface area contributed by atoms with E-state index in [1.807, 2.05) is 36.8 Å². The van der Waals surface area contributed by atoms with Gasteiger partial charge in [-0.1, -0.05) is 12.1 Å². The van der Waals surface area contributed by atoms with E-state index in [0.29, 0.717) is 19.0 Å². The van der Waals surface area contributed by atoms with E-state index in [2.05, 4.69) is 37.2 Å². The zero-order valence-corrected chi connectivity index (χ0v) is 20.3. The van der Waals surface area contributed by atoms with Crippen LogP contribution >= 0.6 is 0 Å². The van der Waals surface area contributed by atoms with E-state index in [9.17, 15) is 4.79 Å². The summed E-state index contributed by atoms with van der Waals surface area (Å²) in [6.45, 7) is 5.40. The van der Waals surface area contributed by atoms with Crippen molar-refractivity contribution >= 4 is 5.91 Å². The molecule has 0 bridgehead atoms. The first kappa shape index (κ1) is 23.4. The summed E-state index contributed by atoms with van der Waals surface area (Å²) in [7, 11) is 0. The lowest BCUT2D eigenvalue weighted by molar-refractivity contribution is -0.121. The number of hydrogen-bond acceptors (Lipinski definition) is 5. The smallest absolute Gasteiger partial charge is 0.220 e. The molecule has 5 rings (SSSR count). The number of nitrogens with one attached hydrogen (secondary N) is 1. The Morgan fingerprint density at radius 1 is 1.09 bits per heavy atom. The van der Waals surface area contributed by atoms with Crippen molar-refractivity contribution in [1.82, 2.24) is 25.1 Å². The van der Waals surface area contributed by atoms with E-state index in [4.69, 9.17) is 0 Å². The Kier molecular flexibility index (Phi) is 7.86. The van der Waals surface area contributed by atoms with Crippen LogP contribution in [0.4, 0.5) is 0 Å². The number of carbonyl (C=O) groups excluding carboxylic acids is 1. The molecule has 4 atom stereocenters. The van der Waals surface area contributed by atoms with E-state index in [1.54, 1.807) is 0 Å². The maximum Gasteiger partial charge on any atom is 0.220 e. The third-order valence-electron chi connectivity index (χ3n) is 8.22. The van der Waals surface area contributed by atoms with Gasteiger partial charge in [0, 0.05) is 68.8 Å². The van der Waals surface area contributed by atoms with Gasteiger partial charge in [0.15, 0.2) is 0 Å². The molecule has 1 amide bonds. The average molecular weight is 462 g/mol. The summed E-state index contributed by atoms with van der Waals surface area (Å²) in [6.07, 6.45) is 14.5. The maximum absolute atomic E-state index is 12.5. The minimum Gasteiger partial charge on any atom is -0.356 e. The topological polar surface area (TPSA) is 61.4 Å². The van der Waals surface area contributed by atoms with Crippen molar-refractivity contribution in [2.45, 2.75) is 70.0 Å². The second kappa shape index (κ2) is 11.4. The van der Waals surface area contributed by atoms with Gasteiger partial charge in [0.05, 0.1) is 0 Å². The van der Waals surface area contributed by atoms with Crippen molar-refractivity contribution in [3.63, 3.8) is 0 Å². The highest BCUT2D eigenvalue weighted by Gasteiger charge is 2.48. The Hall–Kier alpha value is -2.31. The SMILES string of the molecule is O=C(CCC[C@@H]1[C@H]2CCCN3CCC[C@@H](CN1Cc1cccnc1)[C@@H]23)NCCc1ccccn1. The fourth-order valence-electron chi connectivity index (χ4n) is 6.82. The van der Waals surface area contributed by atoms with Gasteiger partial charge in [0.25, 0.3) is 0 Å². The first-order valence-electron chi connectivity index (χ1n) is 13.3. The van der Waals surface area contributed by atoms with E-state index in [-0.39, 0.29) is 5.91 Å². The largest absolute Gasteiger partial charge is 0.356 e. The Labute approximate surface area is 204 Å². The average Bonchev–Trinajstić information content (AvgIpc) is 2.87. The Morgan fingerprint density at radius 3 is 2.82 bits per heavy atom. The molecule has 0 unspecified atom stereocenters. The molecule has 1 N–H and O–H groups in total. The van der Waals surface area contributed by atoms with Gasteiger partial charge in [0.1, 0.15) is 0 Å².